The maximum Gasteiger partial charge on any atom is 0.359 e. The van der Waals surface area contributed by atoms with Crippen molar-refractivity contribution in [3.63, 3.8) is 0 Å². The molecule has 7 nitrogen and oxygen atoms in total. The molecule has 0 spiro atoms. The molecular formula is C24H30N4O3. The fourth-order valence-corrected chi connectivity index (χ4v) is 4.11. The van der Waals surface area contributed by atoms with Gasteiger partial charge in [0.05, 0.1) is 18.8 Å². The number of pyridine rings is 1. The number of nitrogens with zero attached hydrogens (tertiary/aromatic N) is 4. The van der Waals surface area contributed by atoms with Crippen molar-refractivity contribution in [2.75, 3.05) is 19.7 Å². The molecule has 0 aliphatic carbocycles. The van der Waals surface area contributed by atoms with Crippen LogP contribution in [0.15, 0.2) is 40.9 Å². The predicted molar refractivity (Wildman–Crippen MR) is 117 cm³/mol. The predicted octanol–water partition coefficient (Wildman–Crippen LogP) is 3.96. The second-order valence-electron chi connectivity index (χ2n) is 8.14. The van der Waals surface area contributed by atoms with Crippen LogP contribution in [0.3, 0.4) is 0 Å². The summed E-state index contributed by atoms with van der Waals surface area (Å²) in [7, 11) is 0. The summed E-state index contributed by atoms with van der Waals surface area (Å²) >= 11 is 0. The molecule has 0 radical (unpaired) electrons. The molecule has 1 aliphatic heterocycles. The van der Waals surface area contributed by atoms with Crippen LogP contribution in [0.1, 0.15) is 65.1 Å². The van der Waals surface area contributed by atoms with Gasteiger partial charge in [-0.3, -0.25) is 14.6 Å². The van der Waals surface area contributed by atoms with Crippen LogP contribution in [0.25, 0.3) is 0 Å². The van der Waals surface area contributed by atoms with Crippen molar-refractivity contribution in [2.24, 2.45) is 0 Å². The van der Waals surface area contributed by atoms with Crippen LogP contribution in [0.4, 0.5) is 0 Å². The molecule has 1 atom stereocenters. The molecule has 0 amide bonds. The third-order valence-corrected chi connectivity index (χ3v) is 5.84. The second kappa shape index (κ2) is 9.47. The van der Waals surface area contributed by atoms with Gasteiger partial charge in [0.25, 0.3) is 0 Å². The van der Waals surface area contributed by atoms with Gasteiger partial charge in [0, 0.05) is 42.9 Å². The molecule has 7 heteroatoms. The van der Waals surface area contributed by atoms with E-state index in [9.17, 15) is 4.79 Å². The van der Waals surface area contributed by atoms with Crippen LogP contribution in [0.2, 0.25) is 0 Å². The first-order chi connectivity index (χ1) is 15.0. The van der Waals surface area contributed by atoms with E-state index in [1.165, 1.54) is 0 Å². The average Bonchev–Trinajstić information content (AvgIpc) is 3.37. The van der Waals surface area contributed by atoms with Gasteiger partial charge in [0.1, 0.15) is 11.5 Å². The Morgan fingerprint density at radius 2 is 2.16 bits per heavy atom. The summed E-state index contributed by atoms with van der Waals surface area (Å²) in [4.78, 5) is 19.4. The van der Waals surface area contributed by atoms with Gasteiger partial charge in [-0.15, -0.1) is 0 Å². The average molecular weight is 423 g/mol. The van der Waals surface area contributed by atoms with Crippen molar-refractivity contribution in [3.05, 3.63) is 70.7 Å². The smallest absolute Gasteiger partial charge is 0.359 e. The number of carbonyl (C=O) groups is 1. The second-order valence-corrected chi connectivity index (χ2v) is 8.14. The minimum absolute atomic E-state index is 0.338. The number of aromatic nitrogens is 3. The highest BCUT2D eigenvalue weighted by atomic mass is 16.5. The van der Waals surface area contributed by atoms with Crippen molar-refractivity contribution in [1.29, 1.82) is 0 Å². The van der Waals surface area contributed by atoms with Crippen molar-refractivity contribution in [2.45, 2.75) is 52.6 Å². The maximum absolute atomic E-state index is 12.6. The normalized spacial score (nSPS) is 14.9. The number of aryl methyl sites for hydroxylation is 1. The summed E-state index contributed by atoms with van der Waals surface area (Å²) in [5.41, 5.74) is 3.46. The number of rotatable bonds is 8. The first-order valence-corrected chi connectivity index (χ1v) is 11.0. The number of ether oxygens (including phenoxy) is 1. The maximum atomic E-state index is 12.6. The highest BCUT2D eigenvalue weighted by Crippen LogP contribution is 2.26. The molecule has 164 valence electrons. The topological polar surface area (TPSA) is 73.4 Å². The van der Waals surface area contributed by atoms with Gasteiger partial charge >= 0.3 is 5.97 Å². The lowest BCUT2D eigenvalue weighted by Crippen LogP contribution is -2.33. The van der Waals surface area contributed by atoms with Crippen molar-refractivity contribution < 1.29 is 13.9 Å². The Labute approximate surface area is 183 Å². The highest BCUT2D eigenvalue weighted by molar-refractivity contribution is 5.89. The minimum Gasteiger partial charge on any atom is -0.466 e. The molecule has 0 saturated heterocycles. The van der Waals surface area contributed by atoms with Crippen LogP contribution in [0, 0.1) is 6.92 Å². The van der Waals surface area contributed by atoms with Crippen molar-refractivity contribution >= 4 is 5.97 Å². The number of esters is 1. The van der Waals surface area contributed by atoms with Crippen molar-refractivity contribution in [1.82, 2.24) is 19.7 Å². The number of furan rings is 1. The third-order valence-electron chi connectivity index (χ3n) is 5.84. The van der Waals surface area contributed by atoms with Gasteiger partial charge < -0.3 is 9.15 Å². The summed E-state index contributed by atoms with van der Waals surface area (Å²) in [6.45, 7) is 9.46. The summed E-state index contributed by atoms with van der Waals surface area (Å²) in [6.07, 6.45) is 3.63. The highest BCUT2D eigenvalue weighted by Gasteiger charge is 2.29. The van der Waals surface area contributed by atoms with E-state index in [0.29, 0.717) is 31.3 Å². The summed E-state index contributed by atoms with van der Waals surface area (Å²) in [5.74, 6) is 1.99. The molecule has 3 aromatic rings. The molecule has 1 aliphatic rings. The van der Waals surface area contributed by atoms with Gasteiger partial charge in [-0.1, -0.05) is 13.0 Å². The lowest BCUT2D eigenvalue weighted by molar-refractivity contribution is 0.0515. The molecule has 0 bridgehead atoms. The summed E-state index contributed by atoms with van der Waals surface area (Å²) in [6, 6.07) is 9.92. The SMILES string of the molecule is CCOC(=O)c1nn(Cc2ccccn2)c2c1CN(CCC(C)c1ccc(C)o1)CC2. The lowest BCUT2D eigenvalue weighted by Gasteiger charge is -2.28. The van der Waals surface area contributed by atoms with Gasteiger partial charge in [-0.25, -0.2) is 4.79 Å². The fourth-order valence-electron chi connectivity index (χ4n) is 4.11. The van der Waals surface area contributed by atoms with Crippen LogP contribution >= 0.6 is 0 Å². The number of fused-ring (bicyclic) bond motifs is 1. The van der Waals surface area contributed by atoms with E-state index < -0.39 is 0 Å². The monoisotopic (exact) mass is 422 g/mol. The van der Waals surface area contributed by atoms with Crippen LogP contribution in [-0.4, -0.2) is 45.3 Å². The number of carbonyl (C=O) groups excluding carboxylic acids is 1. The molecule has 0 saturated carbocycles. The van der Waals surface area contributed by atoms with E-state index in [1.807, 2.05) is 42.8 Å². The molecule has 4 rings (SSSR count). The van der Waals surface area contributed by atoms with E-state index in [2.05, 4.69) is 28.0 Å². The van der Waals surface area contributed by atoms with E-state index >= 15 is 0 Å². The summed E-state index contributed by atoms with van der Waals surface area (Å²) in [5, 5.41) is 4.65. The third kappa shape index (κ3) is 4.88. The Morgan fingerprint density at radius 1 is 1.29 bits per heavy atom. The molecule has 3 aromatic heterocycles. The largest absolute Gasteiger partial charge is 0.466 e. The Hall–Kier alpha value is -2.93. The lowest BCUT2D eigenvalue weighted by atomic mass is 10.0. The molecule has 0 fully saturated rings. The molecule has 1 unspecified atom stereocenters. The molecule has 31 heavy (non-hydrogen) atoms. The quantitative estimate of drug-likeness (QED) is 0.512. The standard InChI is InChI=1S/C24H30N4O3/c1-4-30-24(29)23-20-16-27(13-10-17(2)22-9-8-18(3)31-22)14-11-21(20)28(26-23)15-19-7-5-6-12-25-19/h5-9,12,17H,4,10-11,13-16H2,1-3H3. The zero-order valence-electron chi connectivity index (χ0n) is 18.5. The minimum atomic E-state index is -0.347. The molecule has 4 heterocycles. The zero-order chi connectivity index (χ0) is 21.8. The zero-order valence-corrected chi connectivity index (χ0v) is 18.5. The van der Waals surface area contributed by atoms with E-state index in [-0.39, 0.29) is 5.97 Å². The van der Waals surface area contributed by atoms with Crippen LogP contribution in [0.5, 0.6) is 0 Å². The van der Waals surface area contributed by atoms with Crippen molar-refractivity contribution in [3.8, 4) is 0 Å². The van der Waals surface area contributed by atoms with Crippen LogP contribution < -0.4 is 0 Å². The molecule has 0 aromatic carbocycles. The Bertz CT molecular complexity index is 1020. The van der Waals surface area contributed by atoms with Gasteiger partial charge in [-0.2, -0.15) is 5.10 Å². The van der Waals surface area contributed by atoms with E-state index in [1.54, 1.807) is 6.20 Å². The van der Waals surface area contributed by atoms with E-state index in [0.717, 1.165) is 54.4 Å². The molecular weight excluding hydrogens is 392 g/mol. The molecule has 0 N–H and O–H groups in total. The summed E-state index contributed by atoms with van der Waals surface area (Å²) < 4.78 is 13.0. The Balaban J connectivity index is 1.50. The van der Waals surface area contributed by atoms with Crippen LogP contribution in [-0.2, 0) is 24.2 Å². The number of hydrogen-bond donors (Lipinski definition) is 0. The first-order valence-electron chi connectivity index (χ1n) is 11.0. The van der Waals surface area contributed by atoms with Gasteiger partial charge in [0.2, 0.25) is 0 Å². The first kappa shape index (κ1) is 21.3. The number of hydrogen-bond acceptors (Lipinski definition) is 6. The van der Waals surface area contributed by atoms with E-state index in [4.69, 9.17) is 9.15 Å². The van der Waals surface area contributed by atoms with Gasteiger partial charge in [0.15, 0.2) is 5.69 Å². The Kier molecular flexibility index (Phi) is 6.51. The Morgan fingerprint density at radius 3 is 2.87 bits per heavy atom. The van der Waals surface area contributed by atoms with Gasteiger partial charge in [-0.05, 0) is 51.1 Å². The fraction of sp³-hybridized carbons (Fsp3) is 0.458.